The molecule has 1 atom stereocenters. The normalized spacial score (nSPS) is 15.8. The minimum absolute atomic E-state index is 0.101. The zero-order chi connectivity index (χ0) is 19.5. The third-order valence-electron chi connectivity index (χ3n) is 4.66. The molecular formula is C22H19NO3S2. The lowest BCUT2D eigenvalue weighted by Crippen LogP contribution is -2.41. The van der Waals surface area contributed by atoms with Gasteiger partial charge in [0.2, 0.25) is 0 Å². The molecule has 0 saturated heterocycles. The fourth-order valence-corrected chi connectivity index (χ4v) is 5.25. The maximum Gasteiger partial charge on any atom is 0.349 e. The Labute approximate surface area is 172 Å². The number of rotatable bonds is 4. The quantitative estimate of drug-likeness (QED) is 0.563. The number of thioether (sulfide) groups is 1. The van der Waals surface area contributed by atoms with E-state index in [9.17, 15) is 9.59 Å². The Hall–Kier alpha value is -2.57. The fourth-order valence-electron chi connectivity index (χ4n) is 3.26. The molecule has 6 heteroatoms. The molecule has 0 bridgehead atoms. The van der Waals surface area contributed by atoms with Crippen LogP contribution < -0.4 is 4.90 Å². The number of anilines is 1. The predicted octanol–water partition coefficient (Wildman–Crippen LogP) is 5.09. The summed E-state index contributed by atoms with van der Waals surface area (Å²) in [5.74, 6) is 0.0889. The third-order valence-corrected chi connectivity index (χ3v) is 6.80. The van der Waals surface area contributed by atoms with Crippen molar-refractivity contribution in [2.24, 2.45) is 0 Å². The van der Waals surface area contributed by atoms with Gasteiger partial charge in [0.05, 0.1) is 11.7 Å². The van der Waals surface area contributed by atoms with Crippen molar-refractivity contribution >= 4 is 40.7 Å². The van der Waals surface area contributed by atoms with E-state index >= 15 is 0 Å². The highest BCUT2D eigenvalue weighted by Gasteiger charge is 2.33. The van der Waals surface area contributed by atoms with Crippen LogP contribution in [0.2, 0.25) is 0 Å². The van der Waals surface area contributed by atoms with Crippen molar-refractivity contribution in [2.75, 3.05) is 17.3 Å². The molecule has 0 radical (unpaired) electrons. The van der Waals surface area contributed by atoms with Gasteiger partial charge in [-0.1, -0.05) is 42.5 Å². The van der Waals surface area contributed by atoms with Crippen LogP contribution in [0.3, 0.4) is 0 Å². The van der Waals surface area contributed by atoms with Crippen molar-refractivity contribution in [3.63, 3.8) is 0 Å². The second-order valence-electron chi connectivity index (χ2n) is 6.48. The van der Waals surface area contributed by atoms with Crippen LogP contribution in [0.15, 0.2) is 70.9 Å². The van der Waals surface area contributed by atoms with Crippen molar-refractivity contribution < 1.29 is 14.3 Å². The molecule has 0 aliphatic carbocycles. The van der Waals surface area contributed by atoms with Gasteiger partial charge in [0, 0.05) is 10.6 Å². The summed E-state index contributed by atoms with van der Waals surface area (Å²) in [6, 6.07) is 19.6. The summed E-state index contributed by atoms with van der Waals surface area (Å²) in [4.78, 5) is 28.8. The van der Waals surface area contributed by atoms with Crippen molar-refractivity contribution in [1.29, 1.82) is 0 Å². The number of amides is 1. The lowest BCUT2D eigenvalue weighted by atomic mass is 10.1. The Morgan fingerprint density at radius 1 is 1.07 bits per heavy atom. The summed E-state index contributed by atoms with van der Waals surface area (Å²) in [5.41, 5.74) is 2.79. The molecule has 0 unspecified atom stereocenters. The summed E-state index contributed by atoms with van der Waals surface area (Å²) in [5, 5.41) is 1.84. The van der Waals surface area contributed by atoms with E-state index in [0.29, 0.717) is 4.88 Å². The molecule has 0 saturated carbocycles. The highest BCUT2D eigenvalue weighted by atomic mass is 32.2. The van der Waals surface area contributed by atoms with Gasteiger partial charge < -0.3 is 4.74 Å². The summed E-state index contributed by atoms with van der Waals surface area (Å²) in [6.45, 7) is 1.58. The summed E-state index contributed by atoms with van der Waals surface area (Å²) < 4.78 is 5.35. The van der Waals surface area contributed by atoms with Crippen LogP contribution in [0.5, 0.6) is 0 Å². The van der Waals surface area contributed by atoms with Gasteiger partial charge in [0.15, 0.2) is 6.61 Å². The Morgan fingerprint density at radius 2 is 1.82 bits per heavy atom. The van der Waals surface area contributed by atoms with Gasteiger partial charge in [0.1, 0.15) is 4.88 Å². The van der Waals surface area contributed by atoms with Crippen LogP contribution in [-0.4, -0.2) is 24.2 Å². The van der Waals surface area contributed by atoms with Crippen molar-refractivity contribution in [3.05, 3.63) is 82.0 Å². The average molecular weight is 410 g/mol. The van der Waals surface area contributed by atoms with Gasteiger partial charge in [0.25, 0.3) is 5.91 Å². The highest BCUT2D eigenvalue weighted by molar-refractivity contribution is 7.99. The van der Waals surface area contributed by atoms with E-state index in [1.165, 1.54) is 11.3 Å². The van der Waals surface area contributed by atoms with E-state index in [1.54, 1.807) is 16.7 Å². The lowest BCUT2D eigenvalue weighted by molar-refractivity contribution is -0.122. The number of hydrogen-bond donors (Lipinski definition) is 0. The molecule has 0 fully saturated rings. The van der Waals surface area contributed by atoms with Gasteiger partial charge >= 0.3 is 5.97 Å². The zero-order valence-electron chi connectivity index (χ0n) is 15.3. The van der Waals surface area contributed by atoms with Crippen LogP contribution in [0.1, 0.15) is 26.8 Å². The first kappa shape index (κ1) is 18.8. The van der Waals surface area contributed by atoms with Crippen molar-refractivity contribution in [1.82, 2.24) is 0 Å². The van der Waals surface area contributed by atoms with E-state index < -0.39 is 5.97 Å². The molecule has 3 aromatic rings. The van der Waals surface area contributed by atoms with Crippen LogP contribution in [0.4, 0.5) is 5.69 Å². The first-order valence-electron chi connectivity index (χ1n) is 8.95. The van der Waals surface area contributed by atoms with Gasteiger partial charge in [-0.15, -0.1) is 23.1 Å². The highest BCUT2D eigenvalue weighted by Crippen LogP contribution is 2.43. The summed E-state index contributed by atoms with van der Waals surface area (Å²) in [7, 11) is 0. The molecular weight excluding hydrogens is 390 g/mol. The number of nitrogens with zero attached hydrogens (tertiary/aromatic N) is 1. The van der Waals surface area contributed by atoms with Gasteiger partial charge in [-0.05, 0) is 41.6 Å². The molecule has 0 N–H and O–H groups in total. The fraction of sp³-hybridized carbons (Fsp3) is 0.182. The molecule has 4 nitrogen and oxygen atoms in total. The largest absolute Gasteiger partial charge is 0.451 e. The molecule has 1 aliphatic heterocycles. The standard InChI is InChI=1S/C22H19NO3S2/c1-15-11-12-27-21(15)22(25)26-13-20(24)23-17-9-5-6-10-19(17)28-14-18(23)16-7-3-2-4-8-16/h2-12,18H,13-14H2,1H3/t18-/m1/s1. The Bertz CT molecular complexity index is 1000. The van der Waals surface area contributed by atoms with Crippen LogP contribution in [0, 0.1) is 6.92 Å². The number of thiophene rings is 1. The van der Waals surface area contributed by atoms with Gasteiger partial charge in [-0.2, -0.15) is 0 Å². The van der Waals surface area contributed by atoms with Gasteiger partial charge in [-0.3, -0.25) is 9.69 Å². The second-order valence-corrected chi connectivity index (χ2v) is 8.46. The maximum absolute atomic E-state index is 13.1. The summed E-state index contributed by atoms with van der Waals surface area (Å²) >= 11 is 3.07. The molecule has 28 heavy (non-hydrogen) atoms. The van der Waals surface area contributed by atoms with Crippen molar-refractivity contribution in [2.45, 2.75) is 17.9 Å². The number of aryl methyl sites for hydroxylation is 1. The predicted molar refractivity (Wildman–Crippen MR) is 113 cm³/mol. The Kier molecular flexibility index (Phi) is 5.50. The molecule has 1 aliphatic rings. The zero-order valence-corrected chi connectivity index (χ0v) is 17.0. The number of fused-ring (bicyclic) bond motifs is 1. The van der Waals surface area contributed by atoms with E-state index in [1.807, 2.05) is 73.0 Å². The maximum atomic E-state index is 13.1. The van der Waals surface area contributed by atoms with E-state index in [0.717, 1.165) is 27.5 Å². The molecule has 1 aromatic heterocycles. The van der Waals surface area contributed by atoms with E-state index in [-0.39, 0.29) is 18.6 Å². The molecule has 1 amide bonds. The third kappa shape index (κ3) is 3.70. The van der Waals surface area contributed by atoms with Crippen LogP contribution in [-0.2, 0) is 9.53 Å². The minimum atomic E-state index is -0.447. The second kappa shape index (κ2) is 8.20. The molecule has 2 heterocycles. The number of carbonyl (C=O) groups is 2. The molecule has 4 rings (SSSR count). The van der Waals surface area contributed by atoms with E-state index in [2.05, 4.69) is 0 Å². The molecule has 142 valence electrons. The number of benzene rings is 2. The smallest absolute Gasteiger partial charge is 0.349 e. The lowest BCUT2D eigenvalue weighted by Gasteiger charge is -2.37. The first-order chi connectivity index (χ1) is 13.6. The topological polar surface area (TPSA) is 46.6 Å². The van der Waals surface area contributed by atoms with Crippen LogP contribution in [0.25, 0.3) is 0 Å². The van der Waals surface area contributed by atoms with Crippen LogP contribution >= 0.6 is 23.1 Å². The Balaban J connectivity index is 1.59. The molecule has 2 aromatic carbocycles. The first-order valence-corrected chi connectivity index (χ1v) is 10.8. The number of esters is 1. The number of ether oxygens (including phenoxy) is 1. The van der Waals surface area contributed by atoms with E-state index in [4.69, 9.17) is 4.74 Å². The molecule has 0 spiro atoms. The minimum Gasteiger partial charge on any atom is -0.451 e. The average Bonchev–Trinajstić information content (AvgIpc) is 3.17. The number of carbonyl (C=O) groups excluding carboxylic acids is 2. The summed E-state index contributed by atoms with van der Waals surface area (Å²) in [6.07, 6.45) is 0. The number of hydrogen-bond acceptors (Lipinski definition) is 5. The van der Waals surface area contributed by atoms with Crippen molar-refractivity contribution in [3.8, 4) is 0 Å². The van der Waals surface area contributed by atoms with Gasteiger partial charge in [-0.25, -0.2) is 4.79 Å². The monoisotopic (exact) mass is 409 g/mol. The Morgan fingerprint density at radius 3 is 2.57 bits per heavy atom. The SMILES string of the molecule is Cc1ccsc1C(=O)OCC(=O)N1c2ccccc2SC[C@@H]1c1ccccc1. The number of para-hydroxylation sites is 1.